The van der Waals surface area contributed by atoms with Crippen molar-refractivity contribution in [3.63, 3.8) is 0 Å². The molecule has 3 aromatic rings. The lowest BCUT2D eigenvalue weighted by atomic mass is 10.2. The maximum absolute atomic E-state index is 11.9. The minimum absolute atomic E-state index is 0.202. The summed E-state index contributed by atoms with van der Waals surface area (Å²) in [5.74, 6) is 0.908. The van der Waals surface area contributed by atoms with Gasteiger partial charge >= 0.3 is 0 Å². The first-order valence-electron chi connectivity index (χ1n) is 5.82. The maximum atomic E-state index is 11.9. The predicted molar refractivity (Wildman–Crippen MR) is 78.7 cm³/mol. The molecule has 0 saturated carbocycles. The number of para-hydroxylation sites is 1. The molecule has 2 aromatic heterocycles. The zero-order valence-electron chi connectivity index (χ0n) is 10.5. The number of fused-ring (bicyclic) bond motifs is 1. The van der Waals surface area contributed by atoms with Gasteiger partial charge in [0.25, 0.3) is 5.56 Å². The van der Waals surface area contributed by atoms with Crippen molar-refractivity contribution in [2.45, 2.75) is 5.88 Å². The van der Waals surface area contributed by atoms with Gasteiger partial charge in [-0.1, -0.05) is 23.5 Å². The molecule has 0 atom stereocenters. The quantitative estimate of drug-likeness (QED) is 0.698. The van der Waals surface area contributed by atoms with Crippen molar-refractivity contribution >= 4 is 27.9 Å². The van der Waals surface area contributed by atoms with Gasteiger partial charge in [-0.2, -0.15) is 9.61 Å². The van der Waals surface area contributed by atoms with Gasteiger partial charge in [0.05, 0.1) is 24.2 Å². The number of ether oxygens (including phenoxy) is 1. The van der Waals surface area contributed by atoms with Gasteiger partial charge in [0.15, 0.2) is 5.01 Å². The molecule has 0 N–H and O–H groups in total. The molecular formula is C13H10ClN3O2S. The normalized spacial score (nSPS) is 10.9. The van der Waals surface area contributed by atoms with Crippen LogP contribution >= 0.6 is 22.9 Å². The minimum atomic E-state index is -0.233. The lowest BCUT2D eigenvalue weighted by molar-refractivity contribution is 0.416. The molecule has 0 spiro atoms. The van der Waals surface area contributed by atoms with Crippen LogP contribution in [0.15, 0.2) is 35.1 Å². The van der Waals surface area contributed by atoms with E-state index in [1.807, 2.05) is 24.3 Å². The van der Waals surface area contributed by atoms with Crippen LogP contribution < -0.4 is 10.3 Å². The van der Waals surface area contributed by atoms with Gasteiger partial charge in [0.2, 0.25) is 4.96 Å². The molecule has 3 rings (SSSR count). The molecule has 20 heavy (non-hydrogen) atoms. The number of hydrogen-bond donors (Lipinski definition) is 0. The van der Waals surface area contributed by atoms with Crippen LogP contribution in [0.3, 0.4) is 0 Å². The van der Waals surface area contributed by atoms with E-state index in [4.69, 9.17) is 16.3 Å². The number of rotatable bonds is 3. The molecule has 0 fully saturated rings. The third-order valence-corrected chi connectivity index (χ3v) is 3.99. The van der Waals surface area contributed by atoms with Gasteiger partial charge in [-0.3, -0.25) is 4.79 Å². The van der Waals surface area contributed by atoms with Crippen LogP contribution in [0, 0.1) is 0 Å². The Morgan fingerprint density at radius 2 is 2.20 bits per heavy atom. The third kappa shape index (κ3) is 2.17. The van der Waals surface area contributed by atoms with Crippen LogP contribution in [0.2, 0.25) is 0 Å². The molecule has 102 valence electrons. The van der Waals surface area contributed by atoms with Crippen molar-refractivity contribution in [3.8, 4) is 16.3 Å². The second-order valence-corrected chi connectivity index (χ2v) is 5.24. The Balaban J connectivity index is 2.23. The Labute approximate surface area is 123 Å². The molecule has 0 amide bonds. The Bertz CT molecular complexity index is 828. The Morgan fingerprint density at radius 1 is 1.40 bits per heavy atom. The lowest BCUT2D eigenvalue weighted by Crippen LogP contribution is -2.14. The summed E-state index contributed by atoms with van der Waals surface area (Å²) in [5.41, 5.74) is 1.15. The number of alkyl halides is 1. The summed E-state index contributed by atoms with van der Waals surface area (Å²) < 4.78 is 6.59. The van der Waals surface area contributed by atoms with E-state index in [0.717, 1.165) is 5.56 Å². The molecule has 0 unspecified atom stereocenters. The Hall–Kier alpha value is -1.92. The minimum Gasteiger partial charge on any atom is -0.496 e. The van der Waals surface area contributed by atoms with E-state index in [0.29, 0.717) is 21.4 Å². The molecule has 2 heterocycles. The van der Waals surface area contributed by atoms with E-state index in [9.17, 15) is 4.79 Å². The van der Waals surface area contributed by atoms with Gasteiger partial charge in [-0.25, -0.2) is 4.98 Å². The van der Waals surface area contributed by atoms with E-state index < -0.39 is 0 Å². The second kappa shape index (κ2) is 5.22. The second-order valence-electron chi connectivity index (χ2n) is 4.02. The van der Waals surface area contributed by atoms with Crippen LogP contribution in [0.1, 0.15) is 5.69 Å². The van der Waals surface area contributed by atoms with Crippen LogP contribution in [-0.2, 0) is 5.88 Å². The van der Waals surface area contributed by atoms with Crippen LogP contribution in [0.5, 0.6) is 5.75 Å². The number of methoxy groups -OCH3 is 1. The van der Waals surface area contributed by atoms with Crippen molar-refractivity contribution in [3.05, 3.63) is 46.4 Å². The number of aromatic nitrogens is 3. The van der Waals surface area contributed by atoms with Gasteiger partial charge in [0, 0.05) is 6.07 Å². The van der Waals surface area contributed by atoms with Gasteiger partial charge in [-0.05, 0) is 12.1 Å². The highest BCUT2D eigenvalue weighted by Gasteiger charge is 2.13. The maximum Gasteiger partial charge on any atom is 0.275 e. The van der Waals surface area contributed by atoms with E-state index in [1.54, 1.807) is 7.11 Å². The van der Waals surface area contributed by atoms with Gasteiger partial charge < -0.3 is 4.74 Å². The number of halogens is 1. The molecule has 0 bridgehead atoms. The fourth-order valence-corrected chi connectivity index (χ4v) is 2.95. The molecular weight excluding hydrogens is 298 g/mol. The monoisotopic (exact) mass is 307 g/mol. The van der Waals surface area contributed by atoms with Gasteiger partial charge in [0.1, 0.15) is 5.75 Å². The highest BCUT2D eigenvalue weighted by atomic mass is 35.5. The number of hydrogen-bond acceptors (Lipinski definition) is 5. The SMILES string of the molecule is COc1ccccc1-c1nn2c(=O)cc(CCl)nc2s1. The first-order chi connectivity index (χ1) is 9.72. The summed E-state index contributed by atoms with van der Waals surface area (Å²) >= 11 is 7.05. The van der Waals surface area contributed by atoms with E-state index in [-0.39, 0.29) is 11.4 Å². The molecule has 5 nitrogen and oxygen atoms in total. The van der Waals surface area contributed by atoms with Crippen LogP contribution in [0.25, 0.3) is 15.5 Å². The zero-order chi connectivity index (χ0) is 14.1. The summed E-state index contributed by atoms with van der Waals surface area (Å²) in [6, 6.07) is 8.91. The summed E-state index contributed by atoms with van der Waals surface area (Å²) in [4.78, 5) is 16.8. The topological polar surface area (TPSA) is 56.5 Å². The molecule has 0 radical (unpaired) electrons. The van der Waals surface area contributed by atoms with E-state index >= 15 is 0 Å². The first-order valence-corrected chi connectivity index (χ1v) is 7.17. The van der Waals surface area contributed by atoms with E-state index in [2.05, 4.69) is 10.1 Å². The molecule has 0 aliphatic rings. The van der Waals surface area contributed by atoms with Crippen molar-refractivity contribution in [2.24, 2.45) is 0 Å². The van der Waals surface area contributed by atoms with Crippen molar-refractivity contribution in [1.82, 2.24) is 14.6 Å². The first kappa shape index (κ1) is 13.1. The van der Waals surface area contributed by atoms with Crippen LogP contribution in [0.4, 0.5) is 0 Å². The summed E-state index contributed by atoms with van der Waals surface area (Å²) in [5, 5.41) is 4.98. The Morgan fingerprint density at radius 3 is 2.95 bits per heavy atom. The molecule has 7 heteroatoms. The lowest BCUT2D eigenvalue weighted by Gasteiger charge is -2.03. The average molecular weight is 308 g/mol. The molecule has 0 aliphatic carbocycles. The highest BCUT2D eigenvalue weighted by molar-refractivity contribution is 7.19. The summed E-state index contributed by atoms with van der Waals surface area (Å²) in [6.45, 7) is 0. The number of benzene rings is 1. The fourth-order valence-electron chi connectivity index (χ4n) is 1.85. The van der Waals surface area contributed by atoms with Crippen molar-refractivity contribution in [2.75, 3.05) is 7.11 Å². The van der Waals surface area contributed by atoms with Gasteiger partial charge in [-0.15, -0.1) is 11.6 Å². The van der Waals surface area contributed by atoms with Crippen molar-refractivity contribution < 1.29 is 4.74 Å². The van der Waals surface area contributed by atoms with E-state index in [1.165, 1.54) is 21.9 Å². The molecule has 0 saturated heterocycles. The predicted octanol–water partition coefficient (Wildman–Crippen LogP) is 2.57. The third-order valence-electron chi connectivity index (χ3n) is 2.77. The van der Waals surface area contributed by atoms with Crippen LogP contribution in [-0.4, -0.2) is 21.7 Å². The Kier molecular flexibility index (Phi) is 3.42. The smallest absolute Gasteiger partial charge is 0.275 e. The zero-order valence-corrected chi connectivity index (χ0v) is 12.1. The fraction of sp³-hybridized carbons (Fsp3) is 0.154. The standard InChI is InChI=1S/C13H10ClN3O2S/c1-19-10-5-3-2-4-9(10)12-16-17-11(18)6-8(7-14)15-13(17)20-12/h2-6H,7H2,1H3. The summed E-state index contributed by atoms with van der Waals surface area (Å²) in [7, 11) is 1.60. The van der Waals surface area contributed by atoms with Crippen molar-refractivity contribution in [1.29, 1.82) is 0 Å². The number of nitrogens with zero attached hydrogens (tertiary/aromatic N) is 3. The average Bonchev–Trinajstić information content (AvgIpc) is 2.91. The molecule has 0 aliphatic heterocycles. The molecule has 1 aromatic carbocycles. The summed E-state index contributed by atoms with van der Waals surface area (Å²) in [6.07, 6.45) is 0. The largest absolute Gasteiger partial charge is 0.496 e. The highest BCUT2D eigenvalue weighted by Crippen LogP contribution is 2.32.